The summed E-state index contributed by atoms with van der Waals surface area (Å²) in [6, 6.07) is 3.46. The third-order valence-corrected chi connectivity index (χ3v) is 1.50. The smallest absolute Gasteiger partial charge is 0.178 e. The van der Waals surface area contributed by atoms with Crippen LogP contribution in [-0.2, 0) is 0 Å². The van der Waals surface area contributed by atoms with Crippen molar-refractivity contribution in [3.05, 3.63) is 30.1 Å². The van der Waals surface area contributed by atoms with Gasteiger partial charge in [-0.1, -0.05) is 5.92 Å². The van der Waals surface area contributed by atoms with Crippen molar-refractivity contribution in [2.75, 3.05) is 13.1 Å². The molecule has 0 bridgehead atoms. The Morgan fingerprint density at radius 2 is 2.54 bits per heavy atom. The van der Waals surface area contributed by atoms with Crippen molar-refractivity contribution in [1.82, 2.24) is 10.3 Å². The van der Waals surface area contributed by atoms with Crippen LogP contribution >= 0.6 is 0 Å². The van der Waals surface area contributed by atoms with Crippen LogP contribution in [0.25, 0.3) is 0 Å². The number of hydrogen-bond acceptors (Lipinski definition) is 3. The summed E-state index contributed by atoms with van der Waals surface area (Å²) in [7, 11) is 0. The minimum atomic E-state index is 0.00310. The molecule has 13 heavy (non-hydrogen) atoms. The standard InChI is InChI=1S/C10H10N2O/c1-2-5-11-8-10(13)9-4-3-6-12-7-9/h1,3-4,6-7,11H,5,8H2. The van der Waals surface area contributed by atoms with Crippen LogP contribution in [0.1, 0.15) is 10.4 Å². The lowest BCUT2D eigenvalue weighted by Gasteiger charge is -1.99. The predicted molar refractivity (Wildman–Crippen MR) is 50.3 cm³/mol. The number of ketones is 1. The van der Waals surface area contributed by atoms with E-state index in [2.05, 4.69) is 16.2 Å². The van der Waals surface area contributed by atoms with Crippen molar-refractivity contribution in [2.45, 2.75) is 0 Å². The molecule has 66 valence electrons. The van der Waals surface area contributed by atoms with Crippen molar-refractivity contribution in [3.8, 4) is 12.3 Å². The van der Waals surface area contributed by atoms with Gasteiger partial charge in [0.05, 0.1) is 13.1 Å². The molecule has 1 rings (SSSR count). The third kappa shape index (κ3) is 3.06. The van der Waals surface area contributed by atoms with E-state index in [1.165, 1.54) is 0 Å². The molecule has 0 fully saturated rings. The molecule has 3 heteroatoms. The Kier molecular flexibility index (Phi) is 3.68. The lowest BCUT2D eigenvalue weighted by Crippen LogP contribution is -2.23. The molecule has 0 aliphatic heterocycles. The van der Waals surface area contributed by atoms with E-state index in [1.54, 1.807) is 24.5 Å². The number of hydrogen-bond donors (Lipinski definition) is 1. The van der Waals surface area contributed by atoms with Crippen LogP contribution in [0.4, 0.5) is 0 Å². The van der Waals surface area contributed by atoms with Gasteiger partial charge in [-0.05, 0) is 12.1 Å². The van der Waals surface area contributed by atoms with E-state index in [4.69, 9.17) is 6.42 Å². The highest BCUT2D eigenvalue weighted by Crippen LogP contribution is 1.95. The fourth-order valence-electron chi connectivity index (χ4n) is 0.878. The van der Waals surface area contributed by atoms with Crippen molar-refractivity contribution in [3.63, 3.8) is 0 Å². The molecule has 0 amide bonds. The van der Waals surface area contributed by atoms with E-state index in [-0.39, 0.29) is 12.3 Å². The predicted octanol–water partition coefficient (Wildman–Crippen LogP) is 0.487. The lowest BCUT2D eigenvalue weighted by atomic mass is 10.2. The minimum Gasteiger partial charge on any atom is -0.299 e. The Labute approximate surface area is 77.2 Å². The van der Waals surface area contributed by atoms with Crippen LogP contribution < -0.4 is 5.32 Å². The van der Waals surface area contributed by atoms with Crippen LogP contribution in [0.2, 0.25) is 0 Å². The number of terminal acetylenes is 1. The van der Waals surface area contributed by atoms with Gasteiger partial charge in [-0.3, -0.25) is 15.1 Å². The van der Waals surface area contributed by atoms with Crippen LogP contribution in [-0.4, -0.2) is 23.9 Å². The molecule has 3 nitrogen and oxygen atoms in total. The van der Waals surface area contributed by atoms with Gasteiger partial charge in [-0.2, -0.15) is 0 Å². The maximum atomic E-state index is 11.3. The van der Waals surface area contributed by atoms with Gasteiger partial charge in [0, 0.05) is 18.0 Å². The highest BCUT2D eigenvalue weighted by atomic mass is 16.1. The molecular formula is C10H10N2O. The quantitative estimate of drug-likeness (QED) is 0.410. The number of rotatable bonds is 4. The molecule has 1 heterocycles. The topological polar surface area (TPSA) is 42.0 Å². The number of nitrogens with zero attached hydrogens (tertiary/aromatic N) is 1. The van der Waals surface area contributed by atoms with E-state index < -0.39 is 0 Å². The number of Topliss-reactive ketones (excluding diaryl/α,β-unsaturated/α-hetero) is 1. The Bertz CT molecular complexity index is 313. The third-order valence-electron chi connectivity index (χ3n) is 1.50. The molecule has 0 radical (unpaired) electrons. The average Bonchev–Trinajstić information content (AvgIpc) is 2.19. The molecule has 1 aromatic rings. The van der Waals surface area contributed by atoms with Gasteiger partial charge < -0.3 is 0 Å². The van der Waals surface area contributed by atoms with Gasteiger partial charge >= 0.3 is 0 Å². The number of pyridine rings is 1. The van der Waals surface area contributed by atoms with Crippen LogP contribution in [0.5, 0.6) is 0 Å². The first-order valence-corrected chi connectivity index (χ1v) is 3.92. The first-order chi connectivity index (χ1) is 6.34. The Balaban J connectivity index is 2.46. The maximum Gasteiger partial charge on any atom is 0.178 e. The maximum absolute atomic E-state index is 11.3. The zero-order valence-corrected chi connectivity index (χ0v) is 7.16. The SMILES string of the molecule is C#CCNCC(=O)c1cccnc1. The summed E-state index contributed by atoms with van der Waals surface area (Å²) in [6.45, 7) is 0.669. The zero-order valence-electron chi connectivity index (χ0n) is 7.16. The summed E-state index contributed by atoms with van der Waals surface area (Å²) >= 11 is 0. The molecule has 1 aromatic heterocycles. The normalized spacial score (nSPS) is 9.15. The summed E-state index contributed by atoms with van der Waals surface area (Å²) in [5.74, 6) is 2.40. The second kappa shape index (κ2) is 5.07. The first kappa shape index (κ1) is 9.43. The molecule has 0 atom stereocenters. The van der Waals surface area contributed by atoms with E-state index in [1.807, 2.05) is 0 Å². The van der Waals surface area contributed by atoms with Crippen molar-refractivity contribution >= 4 is 5.78 Å². The number of aromatic nitrogens is 1. The largest absolute Gasteiger partial charge is 0.299 e. The van der Waals surface area contributed by atoms with E-state index in [9.17, 15) is 4.79 Å². The van der Waals surface area contributed by atoms with Gasteiger partial charge in [0.2, 0.25) is 0 Å². The van der Waals surface area contributed by atoms with Gasteiger partial charge in [-0.15, -0.1) is 6.42 Å². The van der Waals surface area contributed by atoms with Gasteiger partial charge in [-0.25, -0.2) is 0 Å². The Hall–Kier alpha value is -1.66. The molecule has 0 spiro atoms. The van der Waals surface area contributed by atoms with Crippen molar-refractivity contribution in [1.29, 1.82) is 0 Å². The van der Waals surface area contributed by atoms with Crippen LogP contribution in [0.3, 0.4) is 0 Å². The molecule has 0 aliphatic carbocycles. The highest BCUT2D eigenvalue weighted by molar-refractivity contribution is 5.97. The summed E-state index contributed by atoms with van der Waals surface area (Å²) in [5.41, 5.74) is 0.604. The van der Waals surface area contributed by atoms with Gasteiger partial charge in [0.15, 0.2) is 5.78 Å². The molecule has 0 aromatic carbocycles. The van der Waals surface area contributed by atoms with Crippen LogP contribution in [0.15, 0.2) is 24.5 Å². The summed E-state index contributed by atoms with van der Waals surface area (Å²) in [6.07, 6.45) is 8.19. The summed E-state index contributed by atoms with van der Waals surface area (Å²) < 4.78 is 0. The zero-order chi connectivity index (χ0) is 9.52. The average molecular weight is 174 g/mol. The van der Waals surface area contributed by atoms with Gasteiger partial charge in [0.1, 0.15) is 0 Å². The van der Waals surface area contributed by atoms with Crippen LogP contribution in [0, 0.1) is 12.3 Å². The molecule has 0 saturated heterocycles. The van der Waals surface area contributed by atoms with E-state index in [0.717, 1.165) is 0 Å². The Morgan fingerprint density at radius 1 is 1.69 bits per heavy atom. The number of nitrogens with one attached hydrogen (secondary N) is 1. The second-order valence-corrected chi connectivity index (χ2v) is 2.47. The summed E-state index contributed by atoms with van der Waals surface area (Å²) in [5, 5.41) is 2.82. The molecule has 0 saturated carbocycles. The first-order valence-electron chi connectivity index (χ1n) is 3.92. The molecule has 0 aliphatic rings. The number of carbonyl (C=O) groups excluding carboxylic acids is 1. The minimum absolute atomic E-state index is 0.00310. The number of carbonyl (C=O) groups is 1. The van der Waals surface area contributed by atoms with E-state index >= 15 is 0 Å². The molecular weight excluding hydrogens is 164 g/mol. The lowest BCUT2D eigenvalue weighted by molar-refractivity contribution is 0.0992. The second-order valence-electron chi connectivity index (χ2n) is 2.47. The van der Waals surface area contributed by atoms with E-state index in [0.29, 0.717) is 12.1 Å². The highest BCUT2D eigenvalue weighted by Gasteiger charge is 2.02. The monoisotopic (exact) mass is 174 g/mol. The fourth-order valence-corrected chi connectivity index (χ4v) is 0.878. The molecule has 0 unspecified atom stereocenters. The van der Waals surface area contributed by atoms with Crippen molar-refractivity contribution < 1.29 is 4.79 Å². The Morgan fingerprint density at radius 3 is 3.15 bits per heavy atom. The summed E-state index contributed by atoms with van der Waals surface area (Å²) in [4.78, 5) is 15.2. The molecule has 1 N–H and O–H groups in total. The van der Waals surface area contributed by atoms with Gasteiger partial charge in [0.25, 0.3) is 0 Å². The fraction of sp³-hybridized carbons (Fsp3) is 0.200. The van der Waals surface area contributed by atoms with Crippen molar-refractivity contribution in [2.24, 2.45) is 0 Å².